The van der Waals surface area contributed by atoms with E-state index in [4.69, 9.17) is 25.3 Å². The number of hydroxylamine groups is 1. The zero-order chi connectivity index (χ0) is 22.8. The Labute approximate surface area is 189 Å². The van der Waals surface area contributed by atoms with Crippen LogP contribution in [0.5, 0.6) is 0 Å². The number of nitrogen functional groups attached to an aromatic ring is 1. The molecular weight excluding hydrogens is 426 g/mol. The van der Waals surface area contributed by atoms with Crippen LogP contribution in [0.4, 0.5) is 28.2 Å². The summed E-state index contributed by atoms with van der Waals surface area (Å²) in [4.78, 5) is 42.2. The number of carbonyl (C=O) groups is 1. The fraction of sp³-hybridized carbons (Fsp3) is 0.333. The Hall–Kier alpha value is -4.06. The molecule has 170 valence electrons. The largest absolute Gasteiger partial charge is 0.436 e. The van der Waals surface area contributed by atoms with Crippen LogP contribution in [-0.4, -0.2) is 63.9 Å². The van der Waals surface area contributed by atoms with E-state index in [9.17, 15) is 4.79 Å². The molecule has 0 bridgehead atoms. The summed E-state index contributed by atoms with van der Waals surface area (Å²) >= 11 is 0. The van der Waals surface area contributed by atoms with Gasteiger partial charge in [0.25, 0.3) is 0 Å². The van der Waals surface area contributed by atoms with E-state index in [1.165, 1.54) is 5.06 Å². The minimum atomic E-state index is -0.622. The van der Waals surface area contributed by atoms with Crippen LogP contribution in [-0.2, 0) is 16.0 Å². The van der Waals surface area contributed by atoms with Gasteiger partial charge in [-0.2, -0.15) is 10.0 Å². The molecule has 0 spiro atoms. The second-order valence-corrected chi connectivity index (χ2v) is 7.60. The number of hydrogen-bond acceptors (Lipinski definition) is 11. The maximum absolute atomic E-state index is 12.6. The molecule has 12 heteroatoms. The number of fused-ring (bicyclic) bond motifs is 1. The highest BCUT2D eigenvalue weighted by molar-refractivity contribution is 5.86. The molecule has 0 aliphatic carbocycles. The van der Waals surface area contributed by atoms with Crippen LogP contribution in [0, 0.1) is 6.92 Å². The second kappa shape index (κ2) is 8.82. The van der Waals surface area contributed by atoms with Crippen LogP contribution in [0.15, 0.2) is 30.7 Å². The Bertz CT molecular complexity index is 1170. The van der Waals surface area contributed by atoms with Gasteiger partial charge in [-0.3, -0.25) is 10.3 Å². The van der Waals surface area contributed by atoms with Gasteiger partial charge in [0.05, 0.1) is 36.8 Å². The Balaban J connectivity index is 1.46. The Morgan fingerprint density at radius 1 is 1.15 bits per heavy atom. The van der Waals surface area contributed by atoms with Crippen LogP contribution >= 0.6 is 0 Å². The molecule has 0 radical (unpaired) electrons. The molecule has 1 saturated heterocycles. The maximum atomic E-state index is 12.6. The van der Waals surface area contributed by atoms with E-state index in [-0.39, 0.29) is 5.95 Å². The molecule has 0 saturated carbocycles. The van der Waals surface area contributed by atoms with Crippen molar-refractivity contribution in [3.8, 4) is 11.3 Å². The number of amides is 1. The van der Waals surface area contributed by atoms with E-state index < -0.39 is 6.09 Å². The van der Waals surface area contributed by atoms with Gasteiger partial charge in [-0.15, -0.1) is 0 Å². The van der Waals surface area contributed by atoms with Gasteiger partial charge in [0.2, 0.25) is 11.9 Å². The topological polar surface area (TPSA) is 145 Å². The van der Waals surface area contributed by atoms with Crippen molar-refractivity contribution in [2.45, 2.75) is 13.3 Å². The minimum Gasteiger partial charge on any atom is -0.378 e. The SMILES string of the molecule is Cc1ncccc1NC(=O)ON1CCc2c(-c3cnc(N)nc3)nc(N3CCOCC3)nc21. The van der Waals surface area contributed by atoms with Gasteiger partial charge in [0.15, 0.2) is 5.82 Å². The number of aromatic nitrogens is 5. The first-order valence-electron chi connectivity index (χ1n) is 10.6. The number of carbonyl (C=O) groups excluding carboxylic acids is 1. The van der Waals surface area contributed by atoms with E-state index >= 15 is 0 Å². The highest BCUT2D eigenvalue weighted by atomic mass is 16.7. The summed E-state index contributed by atoms with van der Waals surface area (Å²) < 4.78 is 5.46. The predicted octanol–water partition coefficient (Wildman–Crippen LogP) is 1.58. The average Bonchev–Trinajstić information content (AvgIpc) is 3.23. The lowest BCUT2D eigenvalue weighted by atomic mass is 10.1. The van der Waals surface area contributed by atoms with Gasteiger partial charge in [0, 0.05) is 42.8 Å². The highest BCUT2D eigenvalue weighted by Crippen LogP contribution is 2.35. The molecule has 12 nitrogen and oxygen atoms in total. The number of nitrogens with two attached hydrogens (primary N) is 1. The number of nitrogens with one attached hydrogen (secondary N) is 1. The second-order valence-electron chi connectivity index (χ2n) is 7.60. The molecule has 5 rings (SSSR count). The predicted molar refractivity (Wildman–Crippen MR) is 121 cm³/mol. The lowest BCUT2D eigenvalue weighted by Gasteiger charge is -2.28. The van der Waals surface area contributed by atoms with Crippen LogP contribution in [0.25, 0.3) is 11.3 Å². The maximum Gasteiger partial charge on any atom is 0.436 e. The molecule has 0 aromatic carbocycles. The summed E-state index contributed by atoms with van der Waals surface area (Å²) in [6.07, 6.45) is 4.90. The average molecular weight is 449 g/mol. The molecule has 2 aliphatic heterocycles. The number of rotatable bonds is 4. The summed E-state index contributed by atoms with van der Waals surface area (Å²) in [5, 5.41) is 4.22. The summed E-state index contributed by atoms with van der Waals surface area (Å²) in [7, 11) is 0. The smallest absolute Gasteiger partial charge is 0.378 e. The van der Waals surface area contributed by atoms with Crippen molar-refractivity contribution in [2.75, 3.05) is 53.9 Å². The zero-order valence-electron chi connectivity index (χ0n) is 18.1. The lowest BCUT2D eigenvalue weighted by Crippen LogP contribution is -2.37. The molecule has 33 heavy (non-hydrogen) atoms. The molecule has 3 aromatic heterocycles. The number of morpholine rings is 1. The van der Waals surface area contributed by atoms with Crippen molar-refractivity contribution >= 4 is 29.5 Å². The van der Waals surface area contributed by atoms with Crippen LogP contribution in [0.2, 0.25) is 0 Å². The van der Waals surface area contributed by atoms with Crippen LogP contribution < -0.4 is 21.0 Å². The minimum absolute atomic E-state index is 0.185. The van der Waals surface area contributed by atoms with E-state index in [1.54, 1.807) is 30.7 Å². The van der Waals surface area contributed by atoms with E-state index in [2.05, 4.69) is 20.3 Å². The van der Waals surface area contributed by atoms with Crippen molar-refractivity contribution in [3.63, 3.8) is 0 Å². The summed E-state index contributed by atoms with van der Waals surface area (Å²) in [6, 6.07) is 3.51. The lowest BCUT2D eigenvalue weighted by molar-refractivity contribution is 0.122. The number of aryl methyl sites for hydroxylation is 1. The molecule has 0 atom stereocenters. The summed E-state index contributed by atoms with van der Waals surface area (Å²) in [5.74, 6) is 1.25. The number of anilines is 4. The molecule has 2 aliphatic rings. The monoisotopic (exact) mass is 449 g/mol. The summed E-state index contributed by atoms with van der Waals surface area (Å²) in [6.45, 7) is 4.76. The third kappa shape index (κ3) is 4.32. The first-order valence-corrected chi connectivity index (χ1v) is 10.6. The van der Waals surface area contributed by atoms with Gasteiger partial charge >= 0.3 is 6.09 Å². The van der Waals surface area contributed by atoms with E-state index in [0.29, 0.717) is 68.1 Å². The van der Waals surface area contributed by atoms with Gasteiger partial charge in [-0.25, -0.2) is 19.7 Å². The molecule has 1 fully saturated rings. The fourth-order valence-electron chi connectivity index (χ4n) is 3.76. The third-order valence-electron chi connectivity index (χ3n) is 5.45. The normalized spacial score (nSPS) is 15.3. The number of nitrogens with zero attached hydrogens (tertiary/aromatic N) is 7. The van der Waals surface area contributed by atoms with Crippen LogP contribution in [0.3, 0.4) is 0 Å². The molecule has 3 N–H and O–H groups in total. The first-order chi connectivity index (χ1) is 16.1. The molecule has 0 unspecified atom stereocenters. The number of hydrogen-bond donors (Lipinski definition) is 2. The quantitative estimate of drug-likeness (QED) is 0.599. The van der Waals surface area contributed by atoms with Crippen molar-refractivity contribution in [1.29, 1.82) is 0 Å². The molecule has 1 amide bonds. The van der Waals surface area contributed by atoms with Crippen molar-refractivity contribution in [2.24, 2.45) is 0 Å². The van der Waals surface area contributed by atoms with Crippen molar-refractivity contribution in [3.05, 3.63) is 42.0 Å². The summed E-state index contributed by atoms with van der Waals surface area (Å²) in [5.41, 5.74) is 9.20. The zero-order valence-corrected chi connectivity index (χ0v) is 18.1. The van der Waals surface area contributed by atoms with Gasteiger partial charge in [-0.1, -0.05) is 0 Å². The first kappa shape index (κ1) is 20.8. The molecular formula is C21H23N9O3. The van der Waals surface area contributed by atoms with Gasteiger partial charge in [0.1, 0.15) is 0 Å². The molecule has 3 aromatic rings. The Kier molecular flexibility index (Phi) is 5.57. The Morgan fingerprint density at radius 3 is 2.70 bits per heavy atom. The van der Waals surface area contributed by atoms with E-state index in [0.717, 1.165) is 11.1 Å². The van der Waals surface area contributed by atoms with Crippen LogP contribution in [0.1, 0.15) is 11.3 Å². The fourth-order valence-corrected chi connectivity index (χ4v) is 3.76. The van der Waals surface area contributed by atoms with Gasteiger partial charge < -0.3 is 20.2 Å². The number of ether oxygens (including phenoxy) is 1. The van der Waals surface area contributed by atoms with Crippen molar-refractivity contribution in [1.82, 2.24) is 24.9 Å². The van der Waals surface area contributed by atoms with Crippen molar-refractivity contribution < 1.29 is 14.4 Å². The van der Waals surface area contributed by atoms with Gasteiger partial charge in [-0.05, 0) is 25.5 Å². The van der Waals surface area contributed by atoms with E-state index in [1.807, 2.05) is 11.8 Å². The number of pyridine rings is 1. The highest BCUT2D eigenvalue weighted by Gasteiger charge is 2.31. The standard InChI is InChI=1S/C21H23N9O3/c1-13-16(3-2-5-23-13)26-21(31)33-30-6-4-15-17(14-11-24-19(22)25-12-14)27-20(28-18(15)30)29-7-9-32-10-8-29/h2-3,5,11-12H,4,6-10H2,1H3,(H,26,31)(H2,22,24,25). The molecule has 5 heterocycles. The Morgan fingerprint density at radius 2 is 1.94 bits per heavy atom. The third-order valence-corrected chi connectivity index (χ3v) is 5.45.